The highest BCUT2D eigenvalue weighted by Gasteiger charge is 2.26. The smallest absolute Gasteiger partial charge is 0.237 e. The summed E-state index contributed by atoms with van der Waals surface area (Å²) in [5.74, 6) is 0.727. The maximum atomic E-state index is 12.0. The topological polar surface area (TPSA) is 67.6 Å². The van der Waals surface area contributed by atoms with Crippen molar-refractivity contribution < 1.29 is 9.53 Å². The van der Waals surface area contributed by atoms with E-state index in [9.17, 15) is 4.79 Å². The van der Waals surface area contributed by atoms with Gasteiger partial charge in [0.05, 0.1) is 6.04 Å². The molecule has 7 heteroatoms. The summed E-state index contributed by atoms with van der Waals surface area (Å²) in [5.41, 5.74) is 6.73. The number of likely N-dealkylation sites (N-methyl/N-ethyl adjacent to an activating group) is 1. The molecule has 1 aromatic carbocycles. The van der Waals surface area contributed by atoms with Crippen molar-refractivity contribution in [2.45, 2.75) is 47.2 Å². The number of hydrogen-bond acceptors (Lipinski definition) is 4. The summed E-state index contributed by atoms with van der Waals surface area (Å²) in [6.45, 7) is 14.3. The molecule has 0 heterocycles. The third-order valence-electron chi connectivity index (χ3n) is 4.18. The number of carbonyl (C=O) groups is 1. The fourth-order valence-corrected chi connectivity index (χ4v) is 2.23. The minimum Gasteiger partial charge on any atom is -0.492 e. The highest BCUT2D eigenvalue weighted by atomic mass is 35.5. The summed E-state index contributed by atoms with van der Waals surface area (Å²) in [6.07, 6.45) is 0. The predicted octanol–water partition coefficient (Wildman–Crippen LogP) is 3.24. The molecule has 0 radical (unpaired) electrons. The van der Waals surface area contributed by atoms with Gasteiger partial charge in [0, 0.05) is 13.1 Å². The zero-order chi connectivity index (χ0) is 18.2. The van der Waals surface area contributed by atoms with Gasteiger partial charge in [-0.1, -0.05) is 46.8 Å². The SMILES string of the molecule is CCN(CC)CCOc1ccc(CNC(=O)[C@@H](N)C(C)(C)C)cc1.Cl.Cl. The fraction of sp³-hybridized carbons (Fsp3) is 0.632. The molecular weight excluding hydrogens is 373 g/mol. The van der Waals surface area contributed by atoms with E-state index in [0.717, 1.165) is 30.9 Å². The molecule has 0 saturated carbocycles. The Morgan fingerprint density at radius 2 is 1.69 bits per heavy atom. The number of ether oxygens (including phenoxy) is 1. The molecule has 0 aromatic heterocycles. The zero-order valence-electron chi connectivity index (χ0n) is 16.6. The summed E-state index contributed by atoms with van der Waals surface area (Å²) in [7, 11) is 0. The number of carbonyl (C=O) groups excluding carboxylic acids is 1. The summed E-state index contributed by atoms with van der Waals surface area (Å²) < 4.78 is 5.75. The minimum atomic E-state index is -0.514. The van der Waals surface area contributed by atoms with E-state index in [-0.39, 0.29) is 36.1 Å². The molecule has 1 atom stereocenters. The lowest BCUT2D eigenvalue weighted by molar-refractivity contribution is -0.124. The first kappa shape index (κ1) is 27.2. The van der Waals surface area contributed by atoms with Gasteiger partial charge in [-0.2, -0.15) is 0 Å². The minimum absolute atomic E-state index is 0. The van der Waals surface area contributed by atoms with Crippen LogP contribution in [0.5, 0.6) is 5.75 Å². The average molecular weight is 408 g/mol. The lowest BCUT2D eigenvalue weighted by Gasteiger charge is -2.25. The number of nitrogens with one attached hydrogen (secondary N) is 1. The summed E-state index contributed by atoms with van der Waals surface area (Å²) in [6, 6.07) is 7.30. The molecule has 26 heavy (non-hydrogen) atoms. The number of benzene rings is 1. The Morgan fingerprint density at radius 1 is 1.15 bits per heavy atom. The molecule has 0 saturated heterocycles. The summed E-state index contributed by atoms with van der Waals surface area (Å²) in [4.78, 5) is 14.3. The standard InChI is InChI=1S/C19H33N3O2.2ClH/c1-6-22(7-2)12-13-24-16-10-8-15(9-11-16)14-21-18(23)17(20)19(3,4)5;;/h8-11,17H,6-7,12-14,20H2,1-5H3,(H,21,23);2*1H/t17-;;/m1../s1. The Labute approximate surface area is 170 Å². The van der Waals surface area contributed by atoms with Crippen LogP contribution in [-0.2, 0) is 11.3 Å². The van der Waals surface area contributed by atoms with Gasteiger partial charge < -0.3 is 20.7 Å². The number of amides is 1. The van der Waals surface area contributed by atoms with E-state index in [2.05, 4.69) is 24.1 Å². The molecule has 3 N–H and O–H groups in total. The Morgan fingerprint density at radius 3 is 2.15 bits per heavy atom. The number of nitrogens with zero attached hydrogens (tertiary/aromatic N) is 1. The van der Waals surface area contributed by atoms with Crippen molar-refractivity contribution in [1.82, 2.24) is 10.2 Å². The molecule has 152 valence electrons. The fourth-order valence-electron chi connectivity index (χ4n) is 2.23. The highest BCUT2D eigenvalue weighted by Crippen LogP contribution is 2.17. The third-order valence-corrected chi connectivity index (χ3v) is 4.18. The molecule has 0 bridgehead atoms. The van der Waals surface area contributed by atoms with Gasteiger partial charge >= 0.3 is 0 Å². The molecular formula is C19H35Cl2N3O2. The molecule has 0 aliphatic carbocycles. The van der Waals surface area contributed by atoms with Crippen molar-refractivity contribution in [3.63, 3.8) is 0 Å². The lowest BCUT2D eigenvalue weighted by Crippen LogP contribution is -2.48. The van der Waals surface area contributed by atoms with Gasteiger partial charge in [0.15, 0.2) is 0 Å². The molecule has 1 aromatic rings. The Kier molecular flexibility index (Phi) is 13.8. The molecule has 1 amide bonds. The monoisotopic (exact) mass is 407 g/mol. The number of hydrogen-bond donors (Lipinski definition) is 2. The molecule has 0 spiro atoms. The van der Waals surface area contributed by atoms with Crippen LogP contribution in [0.4, 0.5) is 0 Å². The van der Waals surface area contributed by atoms with Gasteiger partial charge in [0.25, 0.3) is 0 Å². The quantitative estimate of drug-likeness (QED) is 0.658. The van der Waals surface area contributed by atoms with Crippen LogP contribution >= 0.6 is 24.8 Å². The van der Waals surface area contributed by atoms with Crippen LogP contribution in [-0.4, -0.2) is 43.1 Å². The second-order valence-corrected chi connectivity index (χ2v) is 7.08. The second-order valence-electron chi connectivity index (χ2n) is 7.08. The summed E-state index contributed by atoms with van der Waals surface area (Å²) in [5, 5.41) is 2.89. The van der Waals surface area contributed by atoms with Crippen LogP contribution < -0.4 is 15.8 Å². The van der Waals surface area contributed by atoms with Crippen LogP contribution in [0.1, 0.15) is 40.2 Å². The van der Waals surface area contributed by atoms with Gasteiger partial charge in [-0.25, -0.2) is 0 Å². The molecule has 0 aliphatic heterocycles. The van der Waals surface area contributed by atoms with E-state index in [1.54, 1.807) is 0 Å². The Balaban J connectivity index is 0. The maximum Gasteiger partial charge on any atom is 0.237 e. The molecule has 5 nitrogen and oxygen atoms in total. The molecule has 1 rings (SSSR count). The van der Waals surface area contributed by atoms with Crippen LogP contribution in [0, 0.1) is 5.41 Å². The van der Waals surface area contributed by atoms with Gasteiger partial charge in [-0.05, 0) is 36.2 Å². The van der Waals surface area contributed by atoms with Gasteiger partial charge in [0.1, 0.15) is 12.4 Å². The Hall–Kier alpha value is -1.01. The molecule has 0 aliphatic rings. The van der Waals surface area contributed by atoms with E-state index in [1.807, 2.05) is 45.0 Å². The number of rotatable bonds is 9. The zero-order valence-corrected chi connectivity index (χ0v) is 18.2. The Bertz CT molecular complexity index is 501. The van der Waals surface area contributed by atoms with Crippen molar-refractivity contribution in [2.75, 3.05) is 26.2 Å². The van der Waals surface area contributed by atoms with Gasteiger partial charge in [-0.3, -0.25) is 4.79 Å². The van der Waals surface area contributed by atoms with Crippen LogP contribution in [0.25, 0.3) is 0 Å². The van der Waals surface area contributed by atoms with E-state index < -0.39 is 6.04 Å². The van der Waals surface area contributed by atoms with Crippen LogP contribution in [0.2, 0.25) is 0 Å². The number of nitrogens with two attached hydrogens (primary N) is 1. The van der Waals surface area contributed by atoms with Crippen LogP contribution in [0.3, 0.4) is 0 Å². The normalized spacial score (nSPS) is 12.0. The first-order valence-electron chi connectivity index (χ1n) is 8.75. The third kappa shape index (κ3) is 9.62. The highest BCUT2D eigenvalue weighted by molar-refractivity contribution is 5.85. The second kappa shape index (κ2) is 13.2. The van der Waals surface area contributed by atoms with Crippen molar-refractivity contribution >= 4 is 30.7 Å². The van der Waals surface area contributed by atoms with Crippen molar-refractivity contribution in [3.05, 3.63) is 29.8 Å². The molecule has 0 fully saturated rings. The van der Waals surface area contributed by atoms with Crippen molar-refractivity contribution in [2.24, 2.45) is 11.1 Å². The van der Waals surface area contributed by atoms with Gasteiger partial charge in [-0.15, -0.1) is 24.8 Å². The van der Waals surface area contributed by atoms with E-state index in [0.29, 0.717) is 13.2 Å². The van der Waals surface area contributed by atoms with E-state index >= 15 is 0 Å². The van der Waals surface area contributed by atoms with E-state index in [1.165, 1.54) is 0 Å². The summed E-state index contributed by atoms with van der Waals surface area (Å²) >= 11 is 0. The number of halogens is 2. The van der Waals surface area contributed by atoms with Crippen molar-refractivity contribution in [3.8, 4) is 5.75 Å². The average Bonchev–Trinajstić information content (AvgIpc) is 2.56. The first-order chi connectivity index (χ1) is 11.3. The lowest BCUT2D eigenvalue weighted by atomic mass is 9.87. The largest absolute Gasteiger partial charge is 0.492 e. The van der Waals surface area contributed by atoms with E-state index in [4.69, 9.17) is 10.5 Å². The van der Waals surface area contributed by atoms with Gasteiger partial charge in [0.2, 0.25) is 5.91 Å². The molecule has 0 unspecified atom stereocenters. The van der Waals surface area contributed by atoms with Crippen molar-refractivity contribution in [1.29, 1.82) is 0 Å². The predicted molar refractivity (Wildman–Crippen MR) is 113 cm³/mol. The maximum absolute atomic E-state index is 12.0. The van der Waals surface area contributed by atoms with Crippen LogP contribution in [0.15, 0.2) is 24.3 Å². The first-order valence-corrected chi connectivity index (χ1v) is 8.75.